The van der Waals surface area contributed by atoms with Gasteiger partial charge in [0, 0.05) is 44.8 Å². The highest BCUT2D eigenvalue weighted by Crippen LogP contribution is 2.30. The van der Waals surface area contributed by atoms with Crippen LogP contribution in [0.15, 0.2) is 30.6 Å². The lowest BCUT2D eigenvalue weighted by Gasteiger charge is -2.31. The van der Waals surface area contributed by atoms with Crippen LogP contribution in [-0.4, -0.2) is 62.3 Å². The number of hydrogen-bond acceptors (Lipinski definition) is 8. The van der Waals surface area contributed by atoms with Crippen molar-refractivity contribution in [3.8, 4) is 10.6 Å². The largest absolute Gasteiger partial charge is 0.343 e. The van der Waals surface area contributed by atoms with E-state index in [1.54, 1.807) is 11.1 Å². The van der Waals surface area contributed by atoms with Crippen LogP contribution in [0.5, 0.6) is 0 Å². The summed E-state index contributed by atoms with van der Waals surface area (Å²) in [5.41, 5.74) is 2.62. The van der Waals surface area contributed by atoms with Crippen LogP contribution in [0, 0.1) is 6.92 Å². The van der Waals surface area contributed by atoms with Crippen LogP contribution in [0.4, 0.5) is 10.9 Å². The molecule has 0 bridgehead atoms. The lowest BCUT2D eigenvalue weighted by molar-refractivity contribution is -0.134. The third-order valence-corrected chi connectivity index (χ3v) is 5.69. The van der Waals surface area contributed by atoms with Crippen molar-refractivity contribution in [1.29, 1.82) is 0 Å². The summed E-state index contributed by atoms with van der Waals surface area (Å²) in [7, 11) is 1.84. The fourth-order valence-electron chi connectivity index (χ4n) is 3.01. The number of likely N-dealkylation sites (N-methyl/N-ethyl adjacent to an activating group) is 1. The Morgan fingerprint density at radius 2 is 2.07 bits per heavy atom. The summed E-state index contributed by atoms with van der Waals surface area (Å²) >= 11 is 7.42. The van der Waals surface area contributed by atoms with E-state index in [0.29, 0.717) is 18.9 Å². The first-order chi connectivity index (χ1) is 14.0. The number of piperazine rings is 1. The van der Waals surface area contributed by atoms with Crippen LogP contribution in [-0.2, 0) is 11.3 Å². The molecule has 1 aliphatic rings. The Morgan fingerprint density at radius 3 is 2.79 bits per heavy atom. The molecule has 3 aromatic rings. The predicted octanol–water partition coefficient (Wildman–Crippen LogP) is 2.97. The molecular weight excluding hydrogens is 410 g/mol. The number of pyridine rings is 1. The van der Waals surface area contributed by atoms with E-state index in [2.05, 4.69) is 30.2 Å². The average molecular weight is 430 g/mol. The van der Waals surface area contributed by atoms with Crippen molar-refractivity contribution in [3.63, 3.8) is 0 Å². The number of nitrogens with zero attached hydrogens (tertiary/aromatic N) is 6. The average Bonchev–Trinajstić information content (AvgIpc) is 3.14. The Hall–Kier alpha value is -2.62. The van der Waals surface area contributed by atoms with Gasteiger partial charge in [-0.3, -0.25) is 9.69 Å². The van der Waals surface area contributed by atoms with Gasteiger partial charge in [0.25, 0.3) is 0 Å². The number of thiazole rings is 1. The van der Waals surface area contributed by atoms with Crippen molar-refractivity contribution >= 4 is 39.8 Å². The highest BCUT2D eigenvalue weighted by Gasteiger charge is 2.20. The van der Waals surface area contributed by atoms with E-state index in [0.717, 1.165) is 40.0 Å². The number of anilines is 2. The highest BCUT2D eigenvalue weighted by molar-refractivity contribution is 7.18. The van der Waals surface area contributed by atoms with Crippen LogP contribution < -0.4 is 5.32 Å². The van der Waals surface area contributed by atoms with E-state index in [1.807, 2.05) is 38.4 Å². The first-order valence-corrected chi connectivity index (χ1v) is 10.3. The van der Waals surface area contributed by atoms with Crippen LogP contribution in [0.2, 0.25) is 5.28 Å². The van der Waals surface area contributed by atoms with Gasteiger partial charge in [-0.1, -0.05) is 17.4 Å². The fraction of sp³-hybridized carbons (Fsp3) is 0.316. The predicted molar refractivity (Wildman–Crippen MR) is 113 cm³/mol. The smallest absolute Gasteiger partial charge is 0.236 e. The second kappa shape index (κ2) is 8.40. The van der Waals surface area contributed by atoms with Gasteiger partial charge in [-0.15, -0.1) is 0 Å². The molecule has 10 heteroatoms. The van der Waals surface area contributed by atoms with Crippen LogP contribution in [0.1, 0.15) is 11.3 Å². The molecule has 1 saturated heterocycles. The fourth-order valence-corrected chi connectivity index (χ4v) is 4.02. The summed E-state index contributed by atoms with van der Waals surface area (Å²) in [6.45, 7) is 4.67. The quantitative estimate of drug-likeness (QED) is 0.624. The molecule has 0 saturated carbocycles. The van der Waals surface area contributed by atoms with Gasteiger partial charge in [0.1, 0.15) is 5.82 Å². The molecule has 0 spiro atoms. The zero-order valence-electron chi connectivity index (χ0n) is 16.1. The maximum Gasteiger partial charge on any atom is 0.236 e. The number of hydrogen-bond donors (Lipinski definition) is 1. The van der Waals surface area contributed by atoms with Gasteiger partial charge in [0.05, 0.1) is 17.1 Å². The van der Waals surface area contributed by atoms with Crippen LogP contribution in [0.25, 0.3) is 10.6 Å². The van der Waals surface area contributed by atoms with Crippen molar-refractivity contribution in [2.75, 3.05) is 32.0 Å². The molecule has 1 amide bonds. The van der Waals surface area contributed by atoms with Gasteiger partial charge in [-0.2, -0.15) is 0 Å². The van der Waals surface area contributed by atoms with E-state index < -0.39 is 0 Å². The highest BCUT2D eigenvalue weighted by atomic mass is 35.5. The maximum absolute atomic E-state index is 11.8. The van der Waals surface area contributed by atoms with Gasteiger partial charge < -0.3 is 10.2 Å². The monoisotopic (exact) mass is 429 g/mol. The van der Waals surface area contributed by atoms with Crippen LogP contribution >= 0.6 is 22.9 Å². The van der Waals surface area contributed by atoms with Gasteiger partial charge in [-0.25, -0.2) is 19.9 Å². The summed E-state index contributed by atoms with van der Waals surface area (Å²) in [5, 5.41) is 4.16. The summed E-state index contributed by atoms with van der Waals surface area (Å²) in [6, 6.07) is 5.81. The molecule has 0 unspecified atom stereocenters. The molecule has 29 heavy (non-hydrogen) atoms. The van der Waals surface area contributed by atoms with Gasteiger partial charge >= 0.3 is 0 Å². The molecule has 1 N–H and O–H groups in total. The molecule has 8 nitrogen and oxygen atoms in total. The number of aryl methyl sites for hydroxylation is 1. The van der Waals surface area contributed by atoms with E-state index in [4.69, 9.17) is 11.6 Å². The number of rotatable bonds is 5. The number of halogens is 1. The van der Waals surface area contributed by atoms with Crippen LogP contribution in [0.3, 0.4) is 0 Å². The first-order valence-electron chi connectivity index (χ1n) is 9.12. The first kappa shape index (κ1) is 19.7. The third-order valence-electron chi connectivity index (χ3n) is 4.59. The molecule has 4 rings (SSSR count). The Balaban J connectivity index is 1.39. The molecule has 150 valence electrons. The second-order valence-corrected chi connectivity index (χ2v) is 8.26. The topological polar surface area (TPSA) is 87.1 Å². The Kier molecular flexibility index (Phi) is 5.70. The standard InChI is InChI=1S/C19H20ClN7OS/c1-12-7-14(24-18(20)23-12)15-9-22-19(29-15)25-16-4-3-13(8-21-16)10-27-6-5-26(2)17(28)11-27/h3-4,7-9H,5-6,10-11H2,1-2H3,(H,21,22,25). The number of carbonyl (C=O) groups excluding carboxylic acids is 1. The number of amides is 1. The van der Waals surface area contributed by atoms with Crippen molar-refractivity contribution in [1.82, 2.24) is 29.7 Å². The minimum Gasteiger partial charge on any atom is -0.343 e. The van der Waals surface area contributed by atoms with Crippen molar-refractivity contribution in [2.45, 2.75) is 13.5 Å². The van der Waals surface area contributed by atoms with Crippen molar-refractivity contribution in [2.24, 2.45) is 0 Å². The lowest BCUT2D eigenvalue weighted by Crippen LogP contribution is -2.47. The van der Waals surface area contributed by atoms with E-state index in [1.165, 1.54) is 11.3 Å². The molecule has 0 aromatic carbocycles. The van der Waals surface area contributed by atoms with Crippen molar-refractivity contribution in [3.05, 3.63) is 47.1 Å². The number of nitrogens with one attached hydrogen (secondary N) is 1. The van der Waals surface area contributed by atoms with Gasteiger partial charge in [0.2, 0.25) is 11.2 Å². The minimum atomic E-state index is 0.155. The Morgan fingerprint density at radius 1 is 1.21 bits per heavy atom. The zero-order valence-corrected chi connectivity index (χ0v) is 17.7. The molecule has 0 atom stereocenters. The molecule has 0 aliphatic carbocycles. The third kappa shape index (κ3) is 4.87. The molecular formula is C19H20ClN7OS. The normalized spacial score (nSPS) is 15.0. The molecule has 1 fully saturated rings. The van der Waals surface area contributed by atoms with Crippen molar-refractivity contribution < 1.29 is 4.79 Å². The van der Waals surface area contributed by atoms with E-state index in [9.17, 15) is 4.79 Å². The second-order valence-electron chi connectivity index (χ2n) is 6.90. The molecule has 1 aliphatic heterocycles. The zero-order chi connectivity index (χ0) is 20.4. The van der Waals surface area contributed by atoms with E-state index in [-0.39, 0.29) is 11.2 Å². The molecule has 0 radical (unpaired) electrons. The Bertz CT molecular complexity index is 1000. The minimum absolute atomic E-state index is 0.155. The summed E-state index contributed by atoms with van der Waals surface area (Å²) in [4.78, 5) is 33.8. The lowest BCUT2D eigenvalue weighted by atomic mass is 10.2. The summed E-state index contributed by atoms with van der Waals surface area (Å²) < 4.78 is 0. The molecule has 4 heterocycles. The summed E-state index contributed by atoms with van der Waals surface area (Å²) in [6.07, 6.45) is 3.58. The van der Waals surface area contributed by atoms with Gasteiger partial charge in [0.15, 0.2) is 5.13 Å². The number of aromatic nitrogens is 4. The number of carbonyl (C=O) groups is 1. The molecule has 3 aromatic heterocycles. The van der Waals surface area contributed by atoms with Gasteiger partial charge in [-0.05, 0) is 36.2 Å². The Labute approximate surface area is 177 Å². The van der Waals surface area contributed by atoms with E-state index >= 15 is 0 Å². The summed E-state index contributed by atoms with van der Waals surface area (Å²) in [5.74, 6) is 0.864. The maximum atomic E-state index is 11.8. The SMILES string of the molecule is Cc1cc(-c2cnc(Nc3ccc(CN4CCN(C)C(=O)C4)cn3)s2)nc(Cl)n1.